The van der Waals surface area contributed by atoms with Gasteiger partial charge in [-0.25, -0.2) is 0 Å². The van der Waals surface area contributed by atoms with E-state index >= 15 is 0 Å². The van der Waals surface area contributed by atoms with Crippen molar-refractivity contribution in [3.05, 3.63) is 18.5 Å². The number of rotatable bonds is 6. The summed E-state index contributed by atoms with van der Waals surface area (Å²) >= 11 is 0. The highest BCUT2D eigenvalue weighted by molar-refractivity contribution is 5.84. The number of aliphatic carboxylic acids is 1. The van der Waals surface area contributed by atoms with Crippen LogP contribution in [0.25, 0.3) is 0 Å². The number of nitrogens with one attached hydrogen (secondary N) is 1. The molecule has 0 saturated heterocycles. The lowest BCUT2D eigenvalue weighted by molar-refractivity contribution is -0.146. The maximum Gasteiger partial charge on any atom is 0.307 e. The molecule has 0 aliphatic rings. The van der Waals surface area contributed by atoms with Crippen molar-refractivity contribution in [3.8, 4) is 0 Å². The largest absolute Gasteiger partial charge is 0.481 e. The molecule has 1 aromatic rings. The smallest absolute Gasteiger partial charge is 0.307 e. The van der Waals surface area contributed by atoms with Crippen LogP contribution in [-0.4, -0.2) is 33.3 Å². The van der Waals surface area contributed by atoms with E-state index in [0.717, 1.165) is 0 Å². The van der Waals surface area contributed by atoms with E-state index in [1.54, 1.807) is 30.1 Å². The van der Waals surface area contributed by atoms with E-state index in [-0.39, 0.29) is 5.91 Å². The molecule has 0 radical (unpaired) electrons. The Bertz CT molecular complexity index is 375. The van der Waals surface area contributed by atoms with Gasteiger partial charge in [0.25, 0.3) is 0 Å². The fourth-order valence-corrected chi connectivity index (χ4v) is 1.33. The van der Waals surface area contributed by atoms with E-state index in [1.807, 2.05) is 0 Å². The molecule has 2 atom stereocenters. The van der Waals surface area contributed by atoms with Gasteiger partial charge in [0.1, 0.15) is 0 Å². The first-order valence-corrected chi connectivity index (χ1v) is 5.50. The third-order valence-electron chi connectivity index (χ3n) is 2.75. The lowest BCUT2D eigenvalue weighted by Crippen LogP contribution is -2.36. The molecule has 6 nitrogen and oxygen atoms in total. The summed E-state index contributed by atoms with van der Waals surface area (Å²) in [6.07, 6.45) is 3.46. The Morgan fingerprint density at radius 1 is 1.41 bits per heavy atom. The van der Waals surface area contributed by atoms with Gasteiger partial charge in [0, 0.05) is 24.9 Å². The first-order valence-electron chi connectivity index (χ1n) is 5.50. The Hall–Kier alpha value is -1.85. The summed E-state index contributed by atoms with van der Waals surface area (Å²) in [6, 6.07) is 1.80. The summed E-state index contributed by atoms with van der Waals surface area (Å²) in [5.41, 5.74) is 0. The molecule has 0 saturated carbocycles. The quantitative estimate of drug-likeness (QED) is 0.750. The van der Waals surface area contributed by atoms with Gasteiger partial charge in [0.15, 0.2) is 0 Å². The summed E-state index contributed by atoms with van der Waals surface area (Å²) < 4.78 is 1.70. The first kappa shape index (κ1) is 13.2. The molecule has 0 spiro atoms. The highest BCUT2D eigenvalue weighted by Crippen LogP contribution is 2.10. The molecule has 0 aliphatic heterocycles. The SMILES string of the molecule is CC(C(=O)O)C(C)C(=O)NCCn1cccn1. The van der Waals surface area contributed by atoms with Gasteiger partial charge < -0.3 is 10.4 Å². The van der Waals surface area contributed by atoms with Crippen LogP contribution in [-0.2, 0) is 16.1 Å². The third kappa shape index (κ3) is 3.90. The molecule has 1 amide bonds. The van der Waals surface area contributed by atoms with Crippen molar-refractivity contribution in [2.24, 2.45) is 11.8 Å². The molecule has 94 valence electrons. The van der Waals surface area contributed by atoms with Crippen LogP contribution in [0.15, 0.2) is 18.5 Å². The predicted molar refractivity (Wildman–Crippen MR) is 61.2 cm³/mol. The first-order chi connectivity index (χ1) is 8.02. The van der Waals surface area contributed by atoms with Gasteiger partial charge in [-0.15, -0.1) is 0 Å². The lowest BCUT2D eigenvalue weighted by Gasteiger charge is -2.15. The Labute approximate surface area is 99.6 Å². The fraction of sp³-hybridized carbons (Fsp3) is 0.545. The van der Waals surface area contributed by atoms with Gasteiger partial charge in [0.05, 0.1) is 12.5 Å². The number of aromatic nitrogens is 2. The van der Waals surface area contributed by atoms with Crippen LogP contribution in [0.4, 0.5) is 0 Å². The van der Waals surface area contributed by atoms with E-state index < -0.39 is 17.8 Å². The number of carbonyl (C=O) groups excluding carboxylic acids is 1. The van der Waals surface area contributed by atoms with Crippen molar-refractivity contribution in [2.75, 3.05) is 6.54 Å². The molecule has 1 rings (SSSR count). The monoisotopic (exact) mass is 239 g/mol. The van der Waals surface area contributed by atoms with Crippen molar-refractivity contribution in [2.45, 2.75) is 20.4 Å². The maximum atomic E-state index is 11.6. The van der Waals surface area contributed by atoms with Gasteiger partial charge in [0.2, 0.25) is 5.91 Å². The highest BCUT2D eigenvalue weighted by Gasteiger charge is 2.25. The minimum atomic E-state index is -0.959. The Balaban J connectivity index is 2.32. The number of carbonyl (C=O) groups is 2. The second-order valence-corrected chi connectivity index (χ2v) is 3.98. The summed E-state index contributed by atoms with van der Waals surface area (Å²) in [7, 11) is 0. The lowest BCUT2D eigenvalue weighted by atomic mass is 9.95. The molecule has 0 aromatic carbocycles. The van der Waals surface area contributed by atoms with Crippen LogP contribution in [0.1, 0.15) is 13.8 Å². The topological polar surface area (TPSA) is 84.2 Å². The maximum absolute atomic E-state index is 11.6. The molecular formula is C11H17N3O3. The molecule has 0 fully saturated rings. The molecule has 0 aliphatic carbocycles. The zero-order valence-electron chi connectivity index (χ0n) is 9.96. The minimum Gasteiger partial charge on any atom is -0.481 e. The van der Waals surface area contributed by atoms with Gasteiger partial charge in [-0.05, 0) is 6.07 Å². The molecule has 2 N–H and O–H groups in total. The second kappa shape index (κ2) is 6.03. The van der Waals surface area contributed by atoms with E-state index in [4.69, 9.17) is 5.11 Å². The number of hydrogen-bond acceptors (Lipinski definition) is 3. The standard InChI is InChI=1S/C11H17N3O3/c1-8(9(2)11(16)17)10(15)12-5-7-14-6-3-4-13-14/h3-4,6,8-9H,5,7H2,1-2H3,(H,12,15)(H,16,17). The number of amides is 1. The highest BCUT2D eigenvalue weighted by atomic mass is 16.4. The van der Waals surface area contributed by atoms with Gasteiger partial charge >= 0.3 is 5.97 Å². The Morgan fingerprint density at radius 3 is 2.65 bits per heavy atom. The fourth-order valence-electron chi connectivity index (χ4n) is 1.33. The average molecular weight is 239 g/mol. The molecule has 1 heterocycles. The van der Waals surface area contributed by atoms with E-state index in [9.17, 15) is 9.59 Å². The van der Waals surface area contributed by atoms with Gasteiger partial charge in [-0.2, -0.15) is 5.10 Å². The third-order valence-corrected chi connectivity index (χ3v) is 2.75. The number of nitrogens with zero attached hydrogens (tertiary/aromatic N) is 2. The summed E-state index contributed by atoms with van der Waals surface area (Å²) in [5.74, 6) is -2.42. The zero-order chi connectivity index (χ0) is 12.8. The molecule has 0 bridgehead atoms. The normalized spacial score (nSPS) is 14.0. The van der Waals surface area contributed by atoms with Crippen molar-refractivity contribution in [1.82, 2.24) is 15.1 Å². The average Bonchev–Trinajstić information content (AvgIpc) is 2.79. The van der Waals surface area contributed by atoms with E-state index in [2.05, 4.69) is 10.4 Å². The van der Waals surface area contributed by atoms with Crippen LogP contribution in [0.2, 0.25) is 0 Å². The number of carboxylic acids is 1. The Kier molecular flexibility index (Phi) is 4.68. The minimum absolute atomic E-state index is 0.243. The van der Waals surface area contributed by atoms with Crippen LogP contribution in [0.3, 0.4) is 0 Å². The van der Waals surface area contributed by atoms with Crippen LogP contribution in [0.5, 0.6) is 0 Å². The summed E-state index contributed by atoms with van der Waals surface area (Å²) in [5, 5.41) is 15.5. The van der Waals surface area contributed by atoms with Gasteiger partial charge in [-0.1, -0.05) is 13.8 Å². The predicted octanol–water partition coefficient (Wildman–Crippen LogP) is 0.356. The van der Waals surface area contributed by atoms with Crippen molar-refractivity contribution in [3.63, 3.8) is 0 Å². The zero-order valence-corrected chi connectivity index (χ0v) is 9.96. The molecule has 6 heteroatoms. The Morgan fingerprint density at radius 2 is 2.12 bits per heavy atom. The van der Waals surface area contributed by atoms with E-state index in [1.165, 1.54) is 6.92 Å². The van der Waals surface area contributed by atoms with Crippen molar-refractivity contribution < 1.29 is 14.7 Å². The van der Waals surface area contributed by atoms with Crippen LogP contribution < -0.4 is 5.32 Å². The van der Waals surface area contributed by atoms with E-state index in [0.29, 0.717) is 13.1 Å². The van der Waals surface area contributed by atoms with Crippen molar-refractivity contribution in [1.29, 1.82) is 0 Å². The number of carboxylic acid groups (broad SMARTS) is 1. The molecule has 1 aromatic heterocycles. The molecule has 17 heavy (non-hydrogen) atoms. The summed E-state index contributed by atoms with van der Waals surface area (Å²) in [6.45, 7) is 4.16. The second-order valence-electron chi connectivity index (χ2n) is 3.98. The molecular weight excluding hydrogens is 222 g/mol. The molecule has 2 unspecified atom stereocenters. The number of hydrogen-bond donors (Lipinski definition) is 2. The van der Waals surface area contributed by atoms with Crippen LogP contribution >= 0.6 is 0 Å². The summed E-state index contributed by atoms with van der Waals surface area (Å²) in [4.78, 5) is 22.3. The van der Waals surface area contributed by atoms with Gasteiger partial charge in [-0.3, -0.25) is 14.3 Å². The van der Waals surface area contributed by atoms with Crippen molar-refractivity contribution >= 4 is 11.9 Å². The van der Waals surface area contributed by atoms with Crippen LogP contribution in [0, 0.1) is 11.8 Å².